The Balaban J connectivity index is 2.95. The van der Waals surface area contributed by atoms with Gasteiger partial charge in [-0.25, -0.2) is 4.79 Å². The molecule has 0 amide bonds. The number of carbonyl (C=O) groups is 2. The Labute approximate surface area is 106 Å². The third-order valence-corrected chi connectivity index (χ3v) is 2.68. The number of ether oxygens (including phenoxy) is 1. The summed E-state index contributed by atoms with van der Waals surface area (Å²) in [7, 11) is 0. The largest absolute Gasteiger partial charge is 0.462 e. The fourth-order valence-electron chi connectivity index (χ4n) is 1.54. The van der Waals surface area contributed by atoms with Crippen LogP contribution in [0.4, 0.5) is 0 Å². The number of esters is 1. The molecular weight excluding hydrogens is 240 g/mol. The van der Waals surface area contributed by atoms with Crippen molar-refractivity contribution < 1.29 is 14.3 Å². The Bertz CT molecular complexity index is 402. The minimum atomic E-state index is -0.346. The minimum absolute atomic E-state index is 0.346. The van der Waals surface area contributed by atoms with Crippen LogP contribution in [0.25, 0.3) is 0 Å². The van der Waals surface area contributed by atoms with Gasteiger partial charge in [-0.2, -0.15) is 0 Å². The molecule has 1 rings (SSSR count). The van der Waals surface area contributed by atoms with Crippen molar-refractivity contribution in [3.63, 3.8) is 0 Å². The molecule has 1 aromatic rings. The molecule has 0 aromatic heterocycles. The Morgan fingerprint density at radius 1 is 1.41 bits per heavy atom. The van der Waals surface area contributed by atoms with Crippen molar-refractivity contribution in [3.05, 3.63) is 34.9 Å². The first-order chi connectivity index (χ1) is 8.22. The number of aldehydes is 1. The number of hydrogen-bond acceptors (Lipinski definition) is 3. The molecule has 0 spiro atoms. The fraction of sp³-hybridized carbons (Fsp3) is 0.385. The van der Waals surface area contributed by atoms with Gasteiger partial charge in [0.25, 0.3) is 0 Å². The van der Waals surface area contributed by atoms with E-state index in [-0.39, 0.29) is 5.97 Å². The number of hydrogen-bond donors (Lipinski definition) is 0. The van der Waals surface area contributed by atoms with Crippen LogP contribution in [0.2, 0.25) is 0 Å². The molecule has 0 N–H and O–H groups in total. The Kier molecular flexibility index (Phi) is 5.70. The molecule has 0 aliphatic rings. The smallest absolute Gasteiger partial charge is 0.338 e. The van der Waals surface area contributed by atoms with Crippen LogP contribution < -0.4 is 0 Å². The maximum atomic E-state index is 11.5. The summed E-state index contributed by atoms with van der Waals surface area (Å²) in [5, 5.41) is 0. The van der Waals surface area contributed by atoms with Crippen LogP contribution in [0.3, 0.4) is 0 Å². The van der Waals surface area contributed by atoms with Gasteiger partial charge in [-0.3, -0.25) is 0 Å². The van der Waals surface area contributed by atoms with Crippen molar-refractivity contribution in [3.8, 4) is 0 Å². The van der Waals surface area contributed by atoms with E-state index >= 15 is 0 Å². The number of aryl methyl sites for hydroxylation is 1. The van der Waals surface area contributed by atoms with E-state index in [1.54, 1.807) is 25.1 Å². The van der Waals surface area contributed by atoms with Gasteiger partial charge in [-0.05, 0) is 36.6 Å². The van der Waals surface area contributed by atoms with Crippen LogP contribution in [-0.2, 0) is 21.8 Å². The molecule has 0 aliphatic carbocycles. The summed E-state index contributed by atoms with van der Waals surface area (Å²) in [6.07, 6.45) is 1.88. The van der Waals surface area contributed by atoms with E-state index < -0.39 is 0 Å². The molecule has 0 heterocycles. The first-order valence-corrected chi connectivity index (χ1v) is 6.04. The molecule has 92 valence electrons. The Hall–Kier alpha value is -1.35. The van der Waals surface area contributed by atoms with Gasteiger partial charge in [-0.1, -0.05) is 6.07 Å². The van der Waals surface area contributed by atoms with Crippen molar-refractivity contribution in [2.24, 2.45) is 0 Å². The van der Waals surface area contributed by atoms with Crippen molar-refractivity contribution in [1.29, 1.82) is 0 Å². The van der Waals surface area contributed by atoms with E-state index in [1.807, 2.05) is 0 Å². The highest BCUT2D eigenvalue weighted by Crippen LogP contribution is 2.16. The van der Waals surface area contributed by atoms with Gasteiger partial charge in [0.2, 0.25) is 0 Å². The van der Waals surface area contributed by atoms with Crippen LogP contribution in [-0.4, -0.2) is 18.9 Å². The summed E-state index contributed by atoms with van der Waals surface area (Å²) in [5.41, 5.74) is 2.38. The van der Waals surface area contributed by atoms with Crippen LogP contribution in [0.1, 0.15) is 34.8 Å². The second kappa shape index (κ2) is 7.07. The molecule has 0 fully saturated rings. The zero-order chi connectivity index (χ0) is 12.7. The zero-order valence-electron chi connectivity index (χ0n) is 9.74. The summed E-state index contributed by atoms with van der Waals surface area (Å²) in [6, 6.07) is 5.25. The van der Waals surface area contributed by atoms with Gasteiger partial charge in [-0.15, -0.1) is 11.6 Å². The summed E-state index contributed by atoms with van der Waals surface area (Å²) in [6.45, 7) is 2.11. The summed E-state index contributed by atoms with van der Waals surface area (Å²) >= 11 is 5.80. The van der Waals surface area contributed by atoms with Crippen LogP contribution >= 0.6 is 11.6 Å². The van der Waals surface area contributed by atoms with E-state index in [9.17, 15) is 9.59 Å². The SMILES string of the molecule is CCOC(=O)c1ccc(CCl)c(CCC=O)c1. The van der Waals surface area contributed by atoms with Crippen LogP contribution in [0.15, 0.2) is 18.2 Å². The number of rotatable bonds is 6. The van der Waals surface area contributed by atoms with Gasteiger partial charge in [0, 0.05) is 12.3 Å². The molecule has 0 saturated heterocycles. The monoisotopic (exact) mass is 254 g/mol. The van der Waals surface area contributed by atoms with E-state index in [2.05, 4.69) is 0 Å². The van der Waals surface area contributed by atoms with Crippen molar-refractivity contribution in [2.45, 2.75) is 25.6 Å². The van der Waals surface area contributed by atoms with E-state index in [1.165, 1.54) is 0 Å². The van der Waals surface area contributed by atoms with Crippen LogP contribution in [0, 0.1) is 0 Å². The second-order valence-corrected chi connectivity index (χ2v) is 3.81. The molecule has 0 aliphatic heterocycles. The zero-order valence-corrected chi connectivity index (χ0v) is 10.5. The summed E-state index contributed by atoms with van der Waals surface area (Å²) in [4.78, 5) is 21.9. The van der Waals surface area contributed by atoms with Gasteiger partial charge < -0.3 is 9.53 Å². The number of alkyl halides is 1. The highest BCUT2D eigenvalue weighted by Gasteiger charge is 2.09. The minimum Gasteiger partial charge on any atom is -0.462 e. The van der Waals surface area contributed by atoms with Gasteiger partial charge in [0.05, 0.1) is 12.2 Å². The van der Waals surface area contributed by atoms with Crippen molar-refractivity contribution in [1.82, 2.24) is 0 Å². The second-order valence-electron chi connectivity index (χ2n) is 3.54. The molecule has 1 aromatic carbocycles. The molecule has 3 nitrogen and oxygen atoms in total. The van der Waals surface area contributed by atoms with E-state index in [0.717, 1.165) is 17.4 Å². The van der Waals surface area contributed by atoms with Crippen molar-refractivity contribution >= 4 is 23.9 Å². The van der Waals surface area contributed by atoms with E-state index in [0.29, 0.717) is 30.9 Å². The normalized spacial score (nSPS) is 10.0. The fourth-order valence-corrected chi connectivity index (χ4v) is 1.81. The number of benzene rings is 1. The first kappa shape index (κ1) is 13.7. The van der Waals surface area contributed by atoms with E-state index in [4.69, 9.17) is 16.3 Å². The molecular formula is C13H15ClO3. The highest BCUT2D eigenvalue weighted by atomic mass is 35.5. The van der Waals surface area contributed by atoms with Crippen molar-refractivity contribution in [2.75, 3.05) is 6.61 Å². The van der Waals surface area contributed by atoms with Gasteiger partial charge in [0.1, 0.15) is 6.29 Å². The molecule has 0 unspecified atom stereocenters. The molecule has 0 radical (unpaired) electrons. The average molecular weight is 255 g/mol. The standard InChI is InChI=1S/C13H15ClO3/c1-2-17-13(16)11-5-6-12(9-14)10(8-11)4-3-7-15/h5-8H,2-4,9H2,1H3. The summed E-state index contributed by atoms with van der Waals surface area (Å²) < 4.78 is 4.92. The third-order valence-electron chi connectivity index (χ3n) is 2.39. The Morgan fingerprint density at radius 2 is 2.18 bits per heavy atom. The summed E-state index contributed by atoms with van der Waals surface area (Å²) in [5.74, 6) is 0.0260. The van der Waals surface area contributed by atoms with Gasteiger partial charge >= 0.3 is 5.97 Å². The Morgan fingerprint density at radius 3 is 2.76 bits per heavy atom. The number of halogens is 1. The lowest BCUT2D eigenvalue weighted by Crippen LogP contribution is -2.06. The lowest BCUT2D eigenvalue weighted by atomic mass is 10.0. The molecule has 0 saturated carbocycles. The first-order valence-electron chi connectivity index (χ1n) is 5.51. The predicted molar refractivity (Wildman–Crippen MR) is 66.3 cm³/mol. The van der Waals surface area contributed by atoms with Crippen LogP contribution in [0.5, 0.6) is 0 Å². The third kappa shape index (κ3) is 3.86. The quantitative estimate of drug-likeness (QED) is 0.445. The lowest BCUT2D eigenvalue weighted by molar-refractivity contribution is -0.107. The molecule has 0 atom stereocenters. The number of carbonyl (C=O) groups excluding carboxylic acids is 2. The molecule has 0 bridgehead atoms. The maximum Gasteiger partial charge on any atom is 0.338 e. The molecule has 17 heavy (non-hydrogen) atoms. The highest BCUT2D eigenvalue weighted by molar-refractivity contribution is 6.17. The van der Waals surface area contributed by atoms with Gasteiger partial charge in [0.15, 0.2) is 0 Å². The molecule has 4 heteroatoms. The topological polar surface area (TPSA) is 43.4 Å². The average Bonchev–Trinajstić information content (AvgIpc) is 2.36. The predicted octanol–water partition coefficient (Wildman–Crippen LogP) is 2.73. The lowest BCUT2D eigenvalue weighted by Gasteiger charge is -2.08. The maximum absolute atomic E-state index is 11.5.